The van der Waals surface area contributed by atoms with Gasteiger partial charge in [-0.1, -0.05) is 46.9 Å². The first-order chi connectivity index (χ1) is 15.3. The number of para-hydroxylation sites is 2. The molecule has 3 aromatic carbocycles. The minimum absolute atomic E-state index is 0.0387. The maximum atomic E-state index is 12.5. The van der Waals surface area contributed by atoms with Crippen LogP contribution in [0.4, 0.5) is 0 Å². The largest absolute Gasteiger partial charge is 0.376 e. The van der Waals surface area contributed by atoms with Gasteiger partial charge in [-0.2, -0.15) is 13.7 Å². The molecule has 0 radical (unpaired) electrons. The summed E-state index contributed by atoms with van der Waals surface area (Å²) in [4.78, 5) is 7.38. The molecule has 0 fully saturated rings. The van der Waals surface area contributed by atoms with Gasteiger partial charge in [0, 0.05) is 5.02 Å². The molecule has 10 heteroatoms. The van der Waals surface area contributed by atoms with Crippen molar-refractivity contribution < 1.29 is 12.6 Å². The summed E-state index contributed by atoms with van der Waals surface area (Å²) in [6.45, 7) is 0. The number of aromatic amines is 1. The maximum absolute atomic E-state index is 12.5. The topological polar surface area (TPSA) is 95.8 Å². The van der Waals surface area contributed by atoms with Gasteiger partial charge in [0.2, 0.25) is 0 Å². The normalized spacial score (nSPS) is 12.0. The van der Waals surface area contributed by atoms with Gasteiger partial charge < -0.3 is 9.17 Å². The van der Waals surface area contributed by atoms with E-state index in [9.17, 15) is 13.7 Å². The highest BCUT2D eigenvalue weighted by Crippen LogP contribution is 2.37. The van der Waals surface area contributed by atoms with E-state index in [1.807, 2.05) is 24.3 Å². The second kappa shape index (κ2) is 8.85. The standard InChI is InChI=1S/C22H12Cl3N3O3S/c23-15-5-7-16(8-6-15)32(29,30)31-21-17(24)10-13(11-18(21)25)9-14(12-26)22-27-19-3-1-2-4-20(19)28-22/h1-11H,(H,27,28)/b14-9+. The predicted molar refractivity (Wildman–Crippen MR) is 125 cm³/mol. The van der Waals surface area contributed by atoms with Crippen LogP contribution in [0.15, 0.2) is 65.6 Å². The molecular weight excluding hydrogens is 493 g/mol. The van der Waals surface area contributed by atoms with Crippen molar-refractivity contribution in [3.8, 4) is 11.8 Å². The van der Waals surface area contributed by atoms with Crippen LogP contribution in [0, 0.1) is 11.3 Å². The van der Waals surface area contributed by atoms with Gasteiger partial charge in [0.05, 0.1) is 26.7 Å². The van der Waals surface area contributed by atoms with E-state index in [0.29, 0.717) is 16.4 Å². The Balaban J connectivity index is 1.67. The highest BCUT2D eigenvalue weighted by atomic mass is 35.5. The molecule has 32 heavy (non-hydrogen) atoms. The van der Waals surface area contributed by atoms with Gasteiger partial charge in [0.15, 0.2) is 5.75 Å². The molecule has 0 spiro atoms. The van der Waals surface area contributed by atoms with Crippen LogP contribution in [0.25, 0.3) is 22.7 Å². The number of imidazole rings is 1. The number of hydrogen-bond donors (Lipinski definition) is 1. The molecule has 4 rings (SSSR count). The molecule has 0 aliphatic carbocycles. The molecule has 0 aliphatic rings. The fourth-order valence-electron chi connectivity index (χ4n) is 2.90. The van der Waals surface area contributed by atoms with E-state index in [0.717, 1.165) is 11.0 Å². The monoisotopic (exact) mass is 503 g/mol. The lowest BCUT2D eigenvalue weighted by Gasteiger charge is -2.11. The number of benzene rings is 3. The zero-order valence-corrected chi connectivity index (χ0v) is 19.1. The van der Waals surface area contributed by atoms with Crippen LogP contribution in [0.2, 0.25) is 15.1 Å². The molecule has 6 nitrogen and oxygen atoms in total. The third kappa shape index (κ3) is 4.59. The average molecular weight is 505 g/mol. The van der Waals surface area contributed by atoms with Crippen LogP contribution in [0.1, 0.15) is 11.4 Å². The lowest BCUT2D eigenvalue weighted by Crippen LogP contribution is -2.10. The molecular formula is C22H12Cl3N3O3S. The summed E-state index contributed by atoms with van der Waals surface area (Å²) in [6.07, 6.45) is 1.53. The van der Waals surface area contributed by atoms with E-state index in [4.69, 9.17) is 39.0 Å². The van der Waals surface area contributed by atoms with Crippen molar-refractivity contribution in [1.82, 2.24) is 9.97 Å². The predicted octanol–water partition coefficient (Wildman–Crippen LogP) is 6.35. The van der Waals surface area contributed by atoms with Crippen LogP contribution in [-0.2, 0) is 10.1 Å². The van der Waals surface area contributed by atoms with Gasteiger partial charge in [-0.3, -0.25) is 0 Å². The van der Waals surface area contributed by atoms with Gasteiger partial charge in [-0.15, -0.1) is 0 Å². The fourth-order valence-corrected chi connectivity index (χ4v) is 4.67. The third-order valence-electron chi connectivity index (χ3n) is 4.39. The summed E-state index contributed by atoms with van der Waals surface area (Å²) in [5.74, 6) is 0.161. The Labute approximate surface area is 198 Å². The number of rotatable bonds is 5. The molecule has 160 valence electrons. The molecule has 0 atom stereocenters. The van der Waals surface area contributed by atoms with Crippen LogP contribution < -0.4 is 4.18 Å². The molecule has 0 unspecified atom stereocenters. The summed E-state index contributed by atoms with van der Waals surface area (Å²) >= 11 is 18.3. The van der Waals surface area contributed by atoms with Crippen molar-refractivity contribution in [3.05, 3.63) is 87.1 Å². The Hall–Kier alpha value is -3.02. The highest BCUT2D eigenvalue weighted by Gasteiger charge is 2.21. The first-order valence-electron chi connectivity index (χ1n) is 9.03. The van der Waals surface area contributed by atoms with Gasteiger partial charge in [0.25, 0.3) is 0 Å². The molecule has 4 aromatic rings. The lowest BCUT2D eigenvalue weighted by molar-refractivity contribution is 0.486. The van der Waals surface area contributed by atoms with Gasteiger partial charge in [-0.25, -0.2) is 4.98 Å². The first-order valence-corrected chi connectivity index (χ1v) is 11.6. The molecule has 0 amide bonds. The van der Waals surface area contributed by atoms with Crippen LogP contribution in [-0.4, -0.2) is 18.4 Å². The minimum atomic E-state index is -4.18. The van der Waals surface area contributed by atoms with E-state index in [1.165, 1.54) is 42.5 Å². The summed E-state index contributed by atoms with van der Waals surface area (Å²) in [5.41, 5.74) is 2.22. The smallest absolute Gasteiger partial charge is 0.339 e. The van der Waals surface area contributed by atoms with Crippen molar-refractivity contribution in [2.45, 2.75) is 4.90 Å². The Morgan fingerprint density at radius 2 is 1.69 bits per heavy atom. The summed E-state index contributed by atoms with van der Waals surface area (Å²) in [6, 6.07) is 17.8. The molecule has 0 aliphatic heterocycles. The number of hydrogen-bond acceptors (Lipinski definition) is 5. The Kier molecular flexibility index (Phi) is 6.13. The zero-order valence-electron chi connectivity index (χ0n) is 16.0. The third-order valence-corrected chi connectivity index (χ3v) is 6.44. The fraction of sp³-hybridized carbons (Fsp3) is 0. The molecule has 1 aromatic heterocycles. The van der Waals surface area contributed by atoms with Crippen LogP contribution in [0.3, 0.4) is 0 Å². The summed E-state index contributed by atoms with van der Waals surface area (Å²) in [5, 5.41) is 9.91. The molecule has 1 N–H and O–H groups in total. The number of aromatic nitrogens is 2. The van der Waals surface area contributed by atoms with Crippen molar-refractivity contribution in [2.24, 2.45) is 0 Å². The first kappa shape index (κ1) is 22.2. The summed E-state index contributed by atoms with van der Waals surface area (Å²) in [7, 11) is -4.18. The average Bonchev–Trinajstić information content (AvgIpc) is 3.19. The minimum Gasteiger partial charge on any atom is -0.376 e. The van der Waals surface area contributed by atoms with Gasteiger partial charge in [-0.05, 0) is 60.2 Å². The molecule has 0 saturated heterocycles. The lowest BCUT2D eigenvalue weighted by atomic mass is 10.1. The van der Waals surface area contributed by atoms with Crippen molar-refractivity contribution in [2.75, 3.05) is 0 Å². The second-order valence-electron chi connectivity index (χ2n) is 6.58. The number of H-pyrrole nitrogens is 1. The van der Waals surface area contributed by atoms with E-state index in [2.05, 4.69) is 16.0 Å². The molecule has 0 saturated carbocycles. The molecule has 1 heterocycles. The Bertz CT molecular complexity index is 1450. The van der Waals surface area contributed by atoms with Crippen molar-refractivity contribution >= 4 is 67.6 Å². The Morgan fingerprint density at radius 1 is 1.03 bits per heavy atom. The quantitative estimate of drug-likeness (QED) is 0.252. The number of allylic oxidation sites excluding steroid dienone is 1. The second-order valence-corrected chi connectivity index (χ2v) is 9.37. The number of fused-ring (bicyclic) bond motifs is 1. The van der Waals surface area contributed by atoms with E-state index in [-0.39, 0.29) is 26.3 Å². The summed E-state index contributed by atoms with van der Waals surface area (Å²) < 4.78 is 30.3. The SMILES string of the molecule is N#C/C(=C\c1cc(Cl)c(OS(=O)(=O)c2ccc(Cl)cc2)c(Cl)c1)c1nc2ccccc2[nH]1. The number of halogens is 3. The number of nitrogens with zero attached hydrogens (tertiary/aromatic N) is 2. The van der Waals surface area contributed by atoms with Gasteiger partial charge in [0.1, 0.15) is 16.8 Å². The highest BCUT2D eigenvalue weighted by molar-refractivity contribution is 7.87. The van der Waals surface area contributed by atoms with Crippen molar-refractivity contribution in [1.29, 1.82) is 5.26 Å². The van der Waals surface area contributed by atoms with E-state index >= 15 is 0 Å². The Morgan fingerprint density at radius 3 is 2.31 bits per heavy atom. The van der Waals surface area contributed by atoms with Gasteiger partial charge >= 0.3 is 10.1 Å². The van der Waals surface area contributed by atoms with Crippen molar-refractivity contribution in [3.63, 3.8) is 0 Å². The van der Waals surface area contributed by atoms with Crippen LogP contribution in [0.5, 0.6) is 5.75 Å². The number of nitrogens with one attached hydrogen (secondary N) is 1. The van der Waals surface area contributed by atoms with E-state index in [1.54, 1.807) is 0 Å². The maximum Gasteiger partial charge on any atom is 0.339 e. The zero-order chi connectivity index (χ0) is 22.9. The molecule has 0 bridgehead atoms. The number of nitriles is 1. The van der Waals surface area contributed by atoms with E-state index < -0.39 is 10.1 Å². The van der Waals surface area contributed by atoms with Crippen LogP contribution >= 0.6 is 34.8 Å².